The van der Waals surface area contributed by atoms with Gasteiger partial charge in [-0.05, 0) is 0 Å². The molecule has 2 rings (SSSR count). The van der Waals surface area contributed by atoms with Gasteiger partial charge in [0.1, 0.15) is 0 Å². The van der Waals surface area contributed by atoms with Crippen LogP contribution in [-0.4, -0.2) is 40.8 Å². The molecule has 1 radical (unpaired) electrons. The van der Waals surface area contributed by atoms with Gasteiger partial charge in [0.05, 0.1) is 0 Å². The molecule has 0 amide bonds. The molecule has 2 aliphatic heterocycles. The number of amidine groups is 1. The topological polar surface area (TPSA) is 98.1 Å². The van der Waals surface area contributed by atoms with Crippen molar-refractivity contribution in [2.75, 3.05) is 13.1 Å². The summed E-state index contributed by atoms with van der Waals surface area (Å²) in [5.41, 5.74) is 6.51. The Kier molecular flexibility index (Phi) is 3.19. The van der Waals surface area contributed by atoms with Gasteiger partial charge in [0.2, 0.25) is 0 Å². The van der Waals surface area contributed by atoms with E-state index in [0.29, 0.717) is 21.6 Å². The Morgan fingerprint density at radius 3 is 2.65 bits per heavy atom. The molecule has 1 fully saturated rings. The molecule has 1 spiro atoms. The minimum absolute atomic E-state index is 0.301. The van der Waals surface area contributed by atoms with E-state index >= 15 is 0 Å². The van der Waals surface area contributed by atoms with Gasteiger partial charge < -0.3 is 0 Å². The minimum atomic E-state index is -0.478. The average molecular weight is 293 g/mol. The van der Waals surface area contributed by atoms with Crippen LogP contribution in [0.4, 0.5) is 0 Å². The van der Waals surface area contributed by atoms with Crippen LogP contribution in [0.1, 0.15) is 12.8 Å². The number of piperidine rings is 1. The summed E-state index contributed by atoms with van der Waals surface area (Å²) in [5, 5.41) is 20.0. The summed E-state index contributed by atoms with van der Waals surface area (Å²) in [7, 11) is 0. The van der Waals surface area contributed by atoms with Crippen molar-refractivity contribution in [1.82, 2.24) is 5.32 Å². The van der Waals surface area contributed by atoms with Crippen molar-refractivity contribution in [2.24, 2.45) is 16.1 Å². The molecule has 0 bridgehead atoms. The first-order chi connectivity index (χ1) is 8.15. The van der Waals surface area contributed by atoms with E-state index in [-0.39, 0.29) is 0 Å². The summed E-state index contributed by atoms with van der Waals surface area (Å²) < 4.78 is 0.547. The molecule has 2 aliphatic rings. The first kappa shape index (κ1) is 12.1. The summed E-state index contributed by atoms with van der Waals surface area (Å²) in [4.78, 5) is 4.09. The van der Waals surface area contributed by atoms with Gasteiger partial charge in [-0.1, -0.05) is 0 Å². The third-order valence-corrected chi connectivity index (χ3v) is 3.96. The van der Waals surface area contributed by atoms with E-state index in [2.05, 4.69) is 38.3 Å². The standard InChI is InChI=1S/C11H12N5Se/c12-5-7-9(14)16-10(17)8(6-13)11(7)1-3-15-4-2-11/h12,15H,1-4H2,(H2,14,16). The van der Waals surface area contributed by atoms with E-state index < -0.39 is 5.41 Å². The number of nitrogens with one attached hydrogen (secondary N) is 2. The Labute approximate surface area is 108 Å². The van der Waals surface area contributed by atoms with Gasteiger partial charge >= 0.3 is 108 Å². The quantitative estimate of drug-likeness (QED) is 0.426. The normalized spacial score (nSPS) is 23.0. The number of aliphatic imine (C=N–C) groups is 1. The Hall–Kier alpha value is -1.37. The van der Waals surface area contributed by atoms with Crippen molar-refractivity contribution in [3.05, 3.63) is 15.7 Å². The maximum absolute atomic E-state index is 9.32. The number of nitrogens with zero attached hydrogens (tertiary/aromatic N) is 2. The number of nitrogens with two attached hydrogens (primary N) is 1. The van der Waals surface area contributed by atoms with E-state index in [1.54, 1.807) is 0 Å². The van der Waals surface area contributed by atoms with Crippen LogP contribution in [0, 0.1) is 22.2 Å². The Morgan fingerprint density at radius 1 is 1.47 bits per heavy atom. The molecule has 2 heterocycles. The van der Waals surface area contributed by atoms with E-state index in [0.717, 1.165) is 25.9 Å². The maximum atomic E-state index is 9.32. The zero-order valence-corrected chi connectivity index (χ0v) is 10.9. The predicted octanol–water partition coefficient (Wildman–Crippen LogP) is -0.194. The number of hydrogen-bond acceptors (Lipinski definition) is 5. The molecule has 4 N–H and O–H groups in total. The first-order valence-electron chi connectivity index (χ1n) is 5.33. The molecule has 0 aliphatic carbocycles. The Balaban J connectivity index is 2.64. The van der Waals surface area contributed by atoms with Crippen molar-refractivity contribution in [3.8, 4) is 6.07 Å². The summed E-state index contributed by atoms with van der Waals surface area (Å²) in [6, 6.07) is 2.21. The SMILES string of the molecule is N#CC1=C([Se])N=C(N)C(=C=N)C12CCNCC2. The van der Waals surface area contributed by atoms with Crippen LogP contribution in [0.3, 0.4) is 0 Å². The van der Waals surface area contributed by atoms with E-state index in [4.69, 9.17) is 11.1 Å². The number of nitriles is 1. The van der Waals surface area contributed by atoms with Gasteiger partial charge in [-0.25, -0.2) is 0 Å². The van der Waals surface area contributed by atoms with Crippen molar-refractivity contribution in [3.63, 3.8) is 0 Å². The molecule has 1 saturated heterocycles. The molecule has 0 atom stereocenters. The van der Waals surface area contributed by atoms with Crippen LogP contribution in [0.5, 0.6) is 0 Å². The summed E-state index contributed by atoms with van der Waals surface area (Å²) in [6.07, 6.45) is 1.50. The second-order valence-electron chi connectivity index (χ2n) is 4.12. The van der Waals surface area contributed by atoms with Gasteiger partial charge in [0, 0.05) is 0 Å². The molecule has 17 heavy (non-hydrogen) atoms. The molecule has 87 valence electrons. The monoisotopic (exact) mass is 294 g/mol. The summed E-state index contributed by atoms with van der Waals surface area (Å²) in [6.45, 7) is 1.60. The first-order valence-corrected chi connectivity index (χ1v) is 6.18. The van der Waals surface area contributed by atoms with Crippen molar-refractivity contribution in [2.45, 2.75) is 12.8 Å². The molecule has 0 aromatic rings. The molecular weight excluding hydrogens is 281 g/mol. The number of allylic oxidation sites excluding steroid dienone is 1. The van der Waals surface area contributed by atoms with Crippen LogP contribution in [0.15, 0.2) is 20.7 Å². The van der Waals surface area contributed by atoms with Gasteiger partial charge in [-0.3, -0.25) is 0 Å². The number of rotatable bonds is 0. The van der Waals surface area contributed by atoms with Gasteiger partial charge in [0.25, 0.3) is 0 Å². The Bertz CT molecular complexity index is 498. The number of hydrogen-bond donors (Lipinski definition) is 3. The molecule has 0 aromatic carbocycles. The zero-order chi connectivity index (χ0) is 12.5. The van der Waals surface area contributed by atoms with Gasteiger partial charge in [-0.15, -0.1) is 0 Å². The van der Waals surface area contributed by atoms with Crippen LogP contribution in [0.25, 0.3) is 0 Å². The predicted molar refractivity (Wildman–Crippen MR) is 65.8 cm³/mol. The fraction of sp³-hybridized carbons (Fsp3) is 0.455. The third kappa shape index (κ3) is 1.74. The molecule has 5 nitrogen and oxygen atoms in total. The fourth-order valence-corrected chi connectivity index (χ4v) is 3.20. The Morgan fingerprint density at radius 2 is 2.12 bits per heavy atom. The summed E-state index contributed by atoms with van der Waals surface area (Å²) >= 11 is 2.79. The van der Waals surface area contributed by atoms with Crippen LogP contribution >= 0.6 is 0 Å². The van der Waals surface area contributed by atoms with E-state index in [9.17, 15) is 5.26 Å². The summed E-state index contributed by atoms with van der Waals surface area (Å²) in [5.74, 6) is 2.68. The molecular formula is C11H12N5Se. The van der Waals surface area contributed by atoms with Gasteiger partial charge in [0.15, 0.2) is 0 Å². The van der Waals surface area contributed by atoms with Crippen molar-refractivity contribution in [1.29, 1.82) is 10.7 Å². The van der Waals surface area contributed by atoms with E-state index in [1.807, 2.05) is 0 Å². The third-order valence-electron chi connectivity index (χ3n) is 3.34. The van der Waals surface area contributed by atoms with E-state index in [1.165, 1.54) is 0 Å². The molecule has 6 heteroatoms. The van der Waals surface area contributed by atoms with Crippen LogP contribution < -0.4 is 11.1 Å². The van der Waals surface area contributed by atoms with Crippen LogP contribution in [-0.2, 0) is 0 Å². The second kappa shape index (κ2) is 4.48. The molecule has 0 unspecified atom stereocenters. The van der Waals surface area contributed by atoms with Crippen molar-refractivity contribution >= 4 is 27.7 Å². The second-order valence-corrected chi connectivity index (χ2v) is 4.93. The fourth-order valence-electron chi connectivity index (χ4n) is 2.49. The zero-order valence-electron chi connectivity index (χ0n) is 9.21. The van der Waals surface area contributed by atoms with Gasteiger partial charge in [-0.2, -0.15) is 0 Å². The van der Waals surface area contributed by atoms with Crippen molar-refractivity contribution < 1.29 is 0 Å². The molecule has 0 aromatic heterocycles. The average Bonchev–Trinajstić information content (AvgIpc) is 2.30. The van der Waals surface area contributed by atoms with Crippen LogP contribution in [0.2, 0.25) is 0 Å². The molecule has 0 saturated carbocycles.